The zero-order valence-electron chi connectivity index (χ0n) is 29.6. The minimum Gasteiger partial charge on any atom is -0.472 e. The van der Waals surface area contributed by atoms with E-state index in [-0.39, 0.29) is 19.4 Å². The van der Waals surface area contributed by atoms with Crippen LogP contribution in [0.1, 0.15) is 67.2 Å². The van der Waals surface area contributed by atoms with Crippen molar-refractivity contribution in [2.24, 2.45) is 11.3 Å². The summed E-state index contributed by atoms with van der Waals surface area (Å²) >= 11 is 0. The molecule has 0 spiro atoms. The molecule has 5 atom stereocenters. The quantitative estimate of drug-likeness (QED) is 0.259. The number of nitrogens with one attached hydrogen (secondary N) is 3. The number of pyridine rings is 1. The molecule has 15 heteroatoms. The van der Waals surface area contributed by atoms with Crippen LogP contribution >= 0.6 is 0 Å². The Morgan fingerprint density at radius 2 is 1.78 bits per heavy atom. The lowest BCUT2D eigenvalue weighted by Gasteiger charge is -2.36. The van der Waals surface area contributed by atoms with Gasteiger partial charge in [0.15, 0.2) is 0 Å². The number of likely N-dealkylation sites (tertiary alicyclic amines) is 1. The van der Waals surface area contributed by atoms with Crippen molar-refractivity contribution >= 4 is 55.6 Å². The molecule has 0 unspecified atom stereocenters. The van der Waals surface area contributed by atoms with Gasteiger partial charge in [0.2, 0.25) is 27.7 Å². The van der Waals surface area contributed by atoms with E-state index in [1.165, 1.54) is 11.0 Å². The molecule has 3 heterocycles. The molecular weight excluding hydrogens is 678 g/mol. The van der Waals surface area contributed by atoms with Crippen LogP contribution in [0.4, 0.5) is 4.79 Å². The second-order valence-electron chi connectivity index (χ2n) is 15.7. The standard InChI is InChI=1S/C36H45N5O9S/c1-8-20-18-36(20,32(44)40-51(46,47)22-9-10-22)39-29(42)26-17-21(49-30-25-11-12-27-24(14-16-48-27)23(25)13-15-37-30)19-41(26)31(43)28(34(2,3)4)38-33(45)50-35(5,6)7/h8,11-16,20-22,26,28H,1,9-10,17-19H2,2-7H3,(H,38,45)(H,39,42)(H,40,44)/t20-,21-,26+,28-,36-/m1/s1. The number of carbonyl (C=O) groups excluding carboxylic acids is 4. The van der Waals surface area contributed by atoms with Gasteiger partial charge in [0, 0.05) is 29.3 Å². The van der Waals surface area contributed by atoms with Crippen LogP contribution in [0.5, 0.6) is 5.88 Å². The van der Waals surface area contributed by atoms with Crippen molar-refractivity contribution in [1.82, 2.24) is 25.2 Å². The van der Waals surface area contributed by atoms with E-state index in [1.807, 2.05) is 24.3 Å². The summed E-state index contributed by atoms with van der Waals surface area (Å²) in [4.78, 5) is 60.9. The van der Waals surface area contributed by atoms with Gasteiger partial charge in [0.05, 0.1) is 18.1 Å². The predicted molar refractivity (Wildman–Crippen MR) is 188 cm³/mol. The van der Waals surface area contributed by atoms with Crippen LogP contribution in [0, 0.1) is 11.3 Å². The number of benzene rings is 1. The summed E-state index contributed by atoms with van der Waals surface area (Å²) in [5.41, 5.74) is -2.50. The normalized spacial score (nSPS) is 24.1. The Labute approximate surface area is 296 Å². The molecule has 1 aromatic carbocycles. The summed E-state index contributed by atoms with van der Waals surface area (Å²) in [6.07, 6.45) is 4.25. The minimum absolute atomic E-state index is 0.0176. The molecule has 3 aromatic rings. The van der Waals surface area contributed by atoms with Gasteiger partial charge in [-0.3, -0.25) is 19.1 Å². The maximum Gasteiger partial charge on any atom is 0.408 e. The van der Waals surface area contributed by atoms with Gasteiger partial charge in [0.25, 0.3) is 5.91 Å². The summed E-state index contributed by atoms with van der Waals surface area (Å²) in [6.45, 7) is 14.2. The minimum atomic E-state index is -3.90. The maximum absolute atomic E-state index is 14.5. The van der Waals surface area contributed by atoms with Gasteiger partial charge >= 0.3 is 6.09 Å². The van der Waals surface area contributed by atoms with Crippen LogP contribution < -0.4 is 20.1 Å². The second-order valence-corrected chi connectivity index (χ2v) is 17.7. The first-order valence-corrected chi connectivity index (χ1v) is 18.6. The summed E-state index contributed by atoms with van der Waals surface area (Å²) in [7, 11) is -3.90. The fourth-order valence-corrected chi connectivity index (χ4v) is 7.93. The van der Waals surface area contributed by atoms with E-state index in [9.17, 15) is 27.6 Å². The van der Waals surface area contributed by atoms with E-state index >= 15 is 0 Å². The predicted octanol–water partition coefficient (Wildman–Crippen LogP) is 3.94. The van der Waals surface area contributed by atoms with Crippen LogP contribution in [0.2, 0.25) is 0 Å². The molecule has 1 saturated heterocycles. The topological polar surface area (TPSA) is 186 Å². The molecule has 274 valence electrons. The fourth-order valence-electron chi connectivity index (χ4n) is 6.57. The molecule has 3 fully saturated rings. The average molecular weight is 724 g/mol. The van der Waals surface area contributed by atoms with Crippen molar-refractivity contribution in [2.75, 3.05) is 6.54 Å². The number of alkyl carbamates (subject to hydrolysis) is 1. The van der Waals surface area contributed by atoms with E-state index in [4.69, 9.17) is 13.9 Å². The third-order valence-electron chi connectivity index (χ3n) is 9.49. The first-order chi connectivity index (χ1) is 23.8. The molecule has 51 heavy (non-hydrogen) atoms. The van der Waals surface area contributed by atoms with Crippen molar-refractivity contribution < 1.29 is 41.5 Å². The number of rotatable bonds is 10. The Balaban J connectivity index is 1.30. The van der Waals surface area contributed by atoms with Gasteiger partial charge in [0.1, 0.15) is 34.9 Å². The maximum atomic E-state index is 14.5. The number of aromatic nitrogens is 1. The van der Waals surface area contributed by atoms with Crippen molar-refractivity contribution in [3.63, 3.8) is 0 Å². The van der Waals surface area contributed by atoms with E-state index in [1.54, 1.807) is 54.0 Å². The summed E-state index contributed by atoms with van der Waals surface area (Å²) in [5, 5.41) is 7.26. The third-order valence-corrected chi connectivity index (χ3v) is 11.3. The lowest BCUT2D eigenvalue weighted by Crippen LogP contribution is -2.60. The molecule has 2 aliphatic carbocycles. The number of furan rings is 1. The summed E-state index contributed by atoms with van der Waals surface area (Å²) < 4.78 is 44.9. The number of amides is 4. The molecule has 0 bridgehead atoms. The van der Waals surface area contributed by atoms with Gasteiger partial charge in [-0.05, 0) is 75.1 Å². The number of sulfonamides is 1. The molecule has 1 aliphatic heterocycles. The lowest BCUT2D eigenvalue weighted by molar-refractivity contribution is -0.143. The van der Waals surface area contributed by atoms with E-state index in [2.05, 4.69) is 26.9 Å². The fraction of sp³-hybridized carbons (Fsp3) is 0.528. The molecule has 0 radical (unpaired) electrons. The Hall–Kier alpha value is -4.66. The Morgan fingerprint density at radius 1 is 1.06 bits per heavy atom. The smallest absolute Gasteiger partial charge is 0.408 e. The van der Waals surface area contributed by atoms with Crippen LogP contribution in [-0.4, -0.2) is 83.2 Å². The first kappa shape index (κ1) is 36.1. The lowest BCUT2D eigenvalue weighted by atomic mass is 9.85. The number of ether oxygens (including phenoxy) is 2. The summed E-state index contributed by atoms with van der Waals surface area (Å²) in [5.74, 6) is -2.31. The molecular formula is C36H45N5O9S. The van der Waals surface area contributed by atoms with Crippen molar-refractivity contribution in [3.05, 3.63) is 49.4 Å². The van der Waals surface area contributed by atoms with Gasteiger partial charge in [-0.15, -0.1) is 6.58 Å². The van der Waals surface area contributed by atoms with Crippen molar-refractivity contribution in [2.45, 2.75) is 102 Å². The first-order valence-electron chi connectivity index (χ1n) is 17.1. The molecule has 4 amide bonds. The highest BCUT2D eigenvalue weighted by Gasteiger charge is 2.62. The highest BCUT2D eigenvalue weighted by molar-refractivity contribution is 7.91. The Bertz CT molecular complexity index is 2010. The number of hydrogen-bond acceptors (Lipinski definition) is 10. The Morgan fingerprint density at radius 3 is 2.41 bits per heavy atom. The zero-order valence-corrected chi connectivity index (χ0v) is 30.5. The Kier molecular flexibility index (Phi) is 9.10. The van der Waals surface area contributed by atoms with E-state index in [0.29, 0.717) is 29.7 Å². The zero-order chi connectivity index (χ0) is 37.1. The van der Waals surface area contributed by atoms with Crippen molar-refractivity contribution in [3.8, 4) is 5.88 Å². The molecule has 14 nitrogen and oxygen atoms in total. The largest absolute Gasteiger partial charge is 0.472 e. The number of nitrogens with zero attached hydrogens (tertiary/aromatic N) is 2. The van der Waals surface area contributed by atoms with Crippen LogP contribution in [0.3, 0.4) is 0 Å². The highest BCUT2D eigenvalue weighted by atomic mass is 32.2. The van der Waals surface area contributed by atoms with E-state index < -0.39 is 79.7 Å². The number of hydrogen-bond donors (Lipinski definition) is 3. The molecule has 2 aromatic heterocycles. The number of carbonyl (C=O) groups is 4. The van der Waals surface area contributed by atoms with Crippen molar-refractivity contribution in [1.29, 1.82) is 0 Å². The highest BCUT2D eigenvalue weighted by Crippen LogP contribution is 2.45. The van der Waals surface area contributed by atoms with E-state index in [0.717, 1.165) is 10.8 Å². The van der Waals surface area contributed by atoms with Gasteiger partial charge in [-0.25, -0.2) is 18.2 Å². The third kappa shape index (κ3) is 7.39. The average Bonchev–Trinajstić information content (AvgIpc) is 3.92. The number of fused-ring (bicyclic) bond motifs is 3. The second kappa shape index (κ2) is 12.8. The monoisotopic (exact) mass is 723 g/mol. The molecule has 6 rings (SSSR count). The molecule has 3 N–H and O–H groups in total. The van der Waals surface area contributed by atoms with Gasteiger partial charge in [-0.1, -0.05) is 26.8 Å². The van der Waals surface area contributed by atoms with Gasteiger partial charge in [-0.2, -0.15) is 0 Å². The molecule has 2 saturated carbocycles. The van der Waals surface area contributed by atoms with Gasteiger partial charge < -0.3 is 29.4 Å². The summed E-state index contributed by atoms with van der Waals surface area (Å²) in [6, 6.07) is 5.05. The SMILES string of the molecule is C=C[C@@H]1C[C@]1(NC(=O)[C@@H]1C[C@@H](Oc2nccc3c2ccc2occc23)CN1C(=O)[C@@H](NC(=O)OC(C)(C)C)C(C)(C)C)C(=O)NS(=O)(=O)C1CC1. The van der Waals surface area contributed by atoms with Crippen LogP contribution in [0.15, 0.2) is 53.8 Å². The molecule has 3 aliphatic rings. The van der Waals surface area contributed by atoms with Crippen LogP contribution in [-0.2, 0) is 29.1 Å². The van der Waals surface area contributed by atoms with Crippen LogP contribution in [0.25, 0.3) is 21.7 Å².